The molecule has 50 nitrogen and oxygen atoms in total. The predicted molar refractivity (Wildman–Crippen MR) is 502 cm³/mol. The first-order valence-corrected chi connectivity index (χ1v) is 46.1. The number of nitrogens with two attached hydrogens (primary N) is 2. The van der Waals surface area contributed by atoms with E-state index in [4.69, 9.17) is 16.9 Å². The zero-order valence-electron chi connectivity index (χ0n) is 78.0. The highest BCUT2D eigenvalue weighted by molar-refractivity contribution is 7.80. The average molecular weight is 1970 g/mol. The van der Waals surface area contributed by atoms with Gasteiger partial charge in [-0.1, -0.05) is 88.4 Å². The molecule has 1 saturated heterocycles. The van der Waals surface area contributed by atoms with Gasteiger partial charge in [0.1, 0.15) is 84.6 Å². The van der Waals surface area contributed by atoms with Crippen molar-refractivity contribution in [2.24, 2.45) is 23.3 Å². The number of nitrogens with one attached hydrogen (secondary N) is 21. The van der Waals surface area contributed by atoms with Crippen LogP contribution in [0.15, 0.2) is 123 Å². The standard InChI is InChI=1S/C89H125N29O21S/c1-46(2)25-57(90)74(124)116-72(48(5)119)86(136)115-68(40-140)85(135)109-62(28-51-17-11-8-12-18-51)78(128)112-67(33-56-38-97-45-104-56)81(131)108-61(27-50-15-9-7-10-16-50)75(125)99-39-70(121)105-58(19-13-23-98-89(91)92)76(126)110-64(30-53-35-94-42-101-53)82(132)113-63(29-52-34-93-41-100-52)79(129)106-59(21-22-71(122)123)77(127)111-65(31-54-36-95-43-102-54)83(133)114-66(32-55-37-96-44-103-55)80(130)107-60(26-47(3)4)84(134)117-73(49(6)120)87(137)118-24-14-20-69(118)88(138)139/h7-12,15-18,34-38,41-49,57-69,72-73,119-120,140H,13-14,19-33,39-40,90H2,1-6H3,(H,93,100)(H,94,101)(H,95,102)(H,96,103)(H,97,104)(H,99,125)(H,105,121)(H,106,129)(H,107,130)(H,108,131)(H,109,135)(H,110,126)(H,111,127)(H,112,128)(H,113,132)(H,114,133)(H,115,136)(H,116,124)(H,117,134)(H,122,123)(H,138,139)(H4,91,92,98)/t48-,49-,57+,58+,59+,60+,61+,62+,63+,64+,65+,66+,67+,68+,69+,72+,73+/m1/s1. The van der Waals surface area contributed by atoms with Gasteiger partial charge in [-0.2, -0.15) is 12.6 Å². The highest BCUT2D eigenvalue weighted by Crippen LogP contribution is 2.21. The van der Waals surface area contributed by atoms with Crippen molar-refractivity contribution in [2.75, 3.05) is 25.4 Å². The first-order valence-electron chi connectivity index (χ1n) is 45.5. The molecule has 0 spiro atoms. The first kappa shape index (κ1) is 110. The number of aromatic nitrogens is 10. The zero-order valence-corrected chi connectivity index (χ0v) is 78.9. The fourth-order valence-electron chi connectivity index (χ4n) is 15.1. The number of carbonyl (C=O) groups is 17. The van der Waals surface area contributed by atoms with E-state index < -0.39 is 248 Å². The number of hydrogen-bond donors (Lipinski definition) is 28. The van der Waals surface area contributed by atoms with Gasteiger partial charge in [0, 0.05) is 101 Å². The quantitative estimate of drug-likeness (QED) is 0.00730. The van der Waals surface area contributed by atoms with Crippen molar-refractivity contribution in [2.45, 2.75) is 241 Å². The number of rotatable bonds is 58. The molecule has 1 fully saturated rings. The van der Waals surface area contributed by atoms with Gasteiger partial charge < -0.3 is 141 Å². The van der Waals surface area contributed by atoms with Crippen LogP contribution in [0, 0.1) is 17.2 Å². The van der Waals surface area contributed by atoms with Gasteiger partial charge in [0.15, 0.2) is 5.96 Å². The summed E-state index contributed by atoms with van der Waals surface area (Å²) in [6, 6.07) is -6.70. The van der Waals surface area contributed by atoms with Crippen molar-refractivity contribution in [1.29, 1.82) is 5.41 Å². The number of aliphatic hydroxyl groups is 2. The molecule has 0 saturated carbocycles. The lowest BCUT2D eigenvalue weighted by Gasteiger charge is -2.31. The number of aromatic amines is 5. The maximum Gasteiger partial charge on any atom is 0.326 e. The number of imidazole rings is 5. The molecule has 2 aromatic carbocycles. The second kappa shape index (κ2) is 55.4. The Balaban J connectivity index is 0.999. The van der Waals surface area contributed by atoms with E-state index in [1.165, 1.54) is 76.5 Å². The van der Waals surface area contributed by atoms with E-state index in [2.05, 4.69) is 142 Å². The number of aliphatic hydroxyl groups excluding tert-OH is 2. The van der Waals surface area contributed by atoms with Gasteiger partial charge in [-0.25, -0.2) is 29.7 Å². The number of nitrogens with zero attached hydrogens (tertiary/aromatic N) is 6. The summed E-state index contributed by atoms with van der Waals surface area (Å²) in [5.41, 5.74) is 13.6. The molecule has 140 heavy (non-hydrogen) atoms. The third-order valence-corrected chi connectivity index (χ3v) is 22.7. The Labute approximate surface area is 809 Å². The summed E-state index contributed by atoms with van der Waals surface area (Å²) in [6.07, 6.45) is 6.76. The number of carboxylic acids is 2. The van der Waals surface area contributed by atoms with E-state index in [0.29, 0.717) is 17.5 Å². The molecule has 15 amide bonds. The Morgan fingerprint density at radius 1 is 0.421 bits per heavy atom. The number of amides is 15. The second-order valence-electron chi connectivity index (χ2n) is 34.6. The van der Waals surface area contributed by atoms with E-state index in [9.17, 15) is 92.3 Å². The Morgan fingerprint density at radius 3 is 1.12 bits per heavy atom. The van der Waals surface area contributed by atoms with Crippen LogP contribution in [0.25, 0.3) is 0 Å². The van der Waals surface area contributed by atoms with E-state index in [-0.39, 0.29) is 117 Å². The van der Waals surface area contributed by atoms with Crippen LogP contribution in [0.2, 0.25) is 0 Å². The van der Waals surface area contributed by atoms with Gasteiger partial charge in [0.2, 0.25) is 88.6 Å². The van der Waals surface area contributed by atoms with Gasteiger partial charge in [-0.05, 0) is 81.8 Å². The van der Waals surface area contributed by atoms with Crippen molar-refractivity contribution in [1.82, 2.24) is 134 Å². The summed E-state index contributed by atoms with van der Waals surface area (Å²) in [5, 5.41) is 87.7. The Kier molecular flexibility index (Phi) is 43.6. The molecule has 1 aliphatic heterocycles. The minimum Gasteiger partial charge on any atom is -0.481 e. The lowest BCUT2D eigenvalue weighted by molar-refractivity contribution is -0.150. The predicted octanol–water partition coefficient (Wildman–Crippen LogP) is -5.97. The highest BCUT2D eigenvalue weighted by Gasteiger charge is 2.43. The molecule has 29 N–H and O–H groups in total. The highest BCUT2D eigenvalue weighted by atomic mass is 32.1. The zero-order chi connectivity index (χ0) is 102. The van der Waals surface area contributed by atoms with Crippen molar-refractivity contribution in [3.63, 3.8) is 0 Å². The number of H-pyrrole nitrogens is 5. The van der Waals surface area contributed by atoms with Gasteiger partial charge in [0.25, 0.3) is 0 Å². The van der Waals surface area contributed by atoms with Crippen LogP contribution in [0.4, 0.5) is 0 Å². The van der Waals surface area contributed by atoms with Crippen molar-refractivity contribution in [3.8, 4) is 0 Å². The van der Waals surface area contributed by atoms with E-state index in [0.717, 1.165) is 4.90 Å². The molecule has 0 aliphatic carbocycles. The largest absolute Gasteiger partial charge is 0.481 e. The van der Waals surface area contributed by atoms with Crippen LogP contribution in [0.3, 0.4) is 0 Å². The minimum atomic E-state index is -1.87. The third kappa shape index (κ3) is 36.2. The Bertz CT molecular complexity index is 5250. The molecule has 6 heterocycles. The maximum atomic E-state index is 15.1. The van der Waals surface area contributed by atoms with E-state index in [1.54, 1.807) is 74.5 Å². The number of carbonyl (C=O) groups excluding carboxylic acids is 15. The summed E-state index contributed by atoms with van der Waals surface area (Å²) in [5.74, 6) is -18.8. The summed E-state index contributed by atoms with van der Waals surface area (Å²) < 4.78 is 0. The van der Waals surface area contributed by atoms with E-state index >= 15 is 9.59 Å². The molecular weight excluding hydrogens is 1840 g/mol. The lowest BCUT2D eigenvalue weighted by atomic mass is 10.0. The third-order valence-electron chi connectivity index (χ3n) is 22.3. The normalized spacial score (nSPS) is 15.8. The molecule has 51 heteroatoms. The van der Waals surface area contributed by atoms with Crippen molar-refractivity contribution < 1.29 is 102 Å². The number of aliphatic carboxylic acids is 2. The van der Waals surface area contributed by atoms with Crippen molar-refractivity contribution >= 4 is 119 Å². The summed E-state index contributed by atoms with van der Waals surface area (Å²) in [7, 11) is 0. The van der Waals surface area contributed by atoms with Gasteiger partial charge >= 0.3 is 11.9 Å². The number of likely N-dealkylation sites (tertiary alicyclic amines) is 1. The molecule has 7 aromatic rings. The Hall–Kier alpha value is -15.0. The number of guanidine groups is 1. The Morgan fingerprint density at radius 2 is 0.764 bits per heavy atom. The molecule has 0 unspecified atom stereocenters. The first-order chi connectivity index (χ1) is 66.7. The number of benzene rings is 2. The van der Waals surface area contributed by atoms with Crippen LogP contribution >= 0.6 is 12.6 Å². The molecular formula is C89H125N29O21S. The van der Waals surface area contributed by atoms with Gasteiger partial charge in [0.05, 0.1) is 84.9 Å². The molecule has 5 aromatic heterocycles. The average Bonchev–Trinajstić information content (AvgIpc) is 1.66. The number of hydrogen-bond acceptors (Lipinski definition) is 27. The van der Waals surface area contributed by atoms with Crippen LogP contribution < -0.4 is 91.2 Å². The van der Waals surface area contributed by atoms with Gasteiger partial charge in [-0.3, -0.25) is 82.1 Å². The monoisotopic (exact) mass is 1970 g/mol. The smallest absolute Gasteiger partial charge is 0.326 e. The molecule has 758 valence electrons. The summed E-state index contributed by atoms with van der Waals surface area (Å²) in [6.45, 7) is 8.67. The number of thiol groups is 1. The molecule has 0 bridgehead atoms. The summed E-state index contributed by atoms with van der Waals surface area (Å²) >= 11 is 4.30. The maximum absolute atomic E-state index is 15.1. The molecule has 8 rings (SSSR count). The molecule has 17 atom stereocenters. The molecule has 0 radical (unpaired) electrons. The minimum absolute atomic E-state index is 0.00157. The topological polar surface area (TPSA) is 774 Å². The van der Waals surface area contributed by atoms with Crippen molar-refractivity contribution in [3.05, 3.63) is 163 Å². The van der Waals surface area contributed by atoms with Crippen LogP contribution in [-0.4, -0.2) is 310 Å². The van der Waals surface area contributed by atoms with Crippen LogP contribution in [-0.2, 0) is 126 Å². The molecule has 1 aliphatic rings. The van der Waals surface area contributed by atoms with Gasteiger partial charge in [-0.15, -0.1) is 0 Å². The lowest BCUT2D eigenvalue weighted by Crippen LogP contribution is -2.62. The van der Waals surface area contributed by atoms with E-state index in [1.807, 2.05) is 13.8 Å². The second-order valence-corrected chi connectivity index (χ2v) is 35.0. The van der Waals surface area contributed by atoms with Crippen LogP contribution in [0.5, 0.6) is 0 Å². The number of carboxylic acid groups (broad SMARTS) is 2. The SMILES string of the molecule is CC(C)C[C@H](NC(=O)[C@H](Cc1c[nH]cn1)NC(=O)[C@H](Cc1c[nH]cn1)NC(=O)[C@H](CCC(=O)O)NC(=O)[C@H](Cc1c[nH]cn1)NC(=O)[C@H](Cc1c[nH]cn1)NC(=O)[C@H](CCCNC(=N)N)NC(=O)CNC(=O)[C@H](Cc1ccccc1)NC(=O)[C@H](Cc1c[nH]cn1)NC(=O)[C@H](Cc1ccccc1)NC(=O)[C@H](CS)NC(=O)[C@@H](NC(=O)[C@@H](N)CC(C)C)[C@@H](C)O)C(=O)N[C@H](C(=O)N1CCC[C@H]1C(=O)O)[C@@H](C)O. The summed E-state index contributed by atoms with van der Waals surface area (Å²) in [4.78, 5) is 278. The van der Waals surface area contributed by atoms with Crippen LogP contribution in [0.1, 0.15) is 133 Å². The fourth-order valence-corrected chi connectivity index (χ4v) is 15.3. The fraction of sp³-hybridized carbons (Fsp3) is 0.494.